The number of anilines is 1. The molecule has 202 valence electrons. The van der Waals surface area contributed by atoms with Crippen molar-refractivity contribution in [1.82, 2.24) is 24.6 Å². The lowest BCUT2D eigenvalue weighted by molar-refractivity contribution is -0.114. The molecule has 1 aliphatic rings. The van der Waals surface area contributed by atoms with Gasteiger partial charge >= 0.3 is 6.09 Å². The summed E-state index contributed by atoms with van der Waals surface area (Å²) >= 11 is 0. The van der Waals surface area contributed by atoms with Gasteiger partial charge in [-0.25, -0.2) is 19.4 Å². The van der Waals surface area contributed by atoms with E-state index in [1.165, 1.54) is 13.3 Å². The molecule has 0 aliphatic carbocycles. The van der Waals surface area contributed by atoms with E-state index in [2.05, 4.69) is 15.3 Å². The van der Waals surface area contributed by atoms with E-state index < -0.39 is 5.60 Å². The minimum absolute atomic E-state index is 0.122. The molecule has 1 N–H and O–H groups in total. The second-order valence-electron chi connectivity index (χ2n) is 10.6. The lowest BCUT2D eigenvalue weighted by Gasteiger charge is -2.34. The lowest BCUT2D eigenvalue weighted by atomic mass is 10.1. The average molecular weight is 529 g/mol. The molecule has 2 amide bonds. The number of ether oxygens (including phenoxy) is 2. The summed E-state index contributed by atoms with van der Waals surface area (Å²) in [7, 11) is 0. The van der Waals surface area contributed by atoms with Crippen LogP contribution in [0.15, 0.2) is 60.9 Å². The van der Waals surface area contributed by atoms with E-state index in [1.807, 2.05) is 80.1 Å². The van der Waals surface area contributed by atoms with Gasteiger partial charge in [0.15, 0.2) is 5.65 Å². The Hall–Kier alpha value is -4.47. The molecule has 0 radical (unpaired) electrons. The van der Waals surface area contributed by atoms with Gasteiger partial charge in [-0.1, -0.05) is 18.2 Å². The number of carbonyl (C=O) groups is 2. The first kappa shape index (κ1) is 26.1. The minimum Gasteiger partial charge on any atom is -0.457 e. The van der Waals surface area contributed by atoms with Crippen LogP contribution in [0.4, 0.5) is 10.6 Å². The second kappa shape index (κ2) is 10.7. The summed E-state index contributed by atoms with van der Waals surface area (Å²) in [4.78, 5) is 35.4. The molecule has 4 aromatic rings. The number of amides is 2. The molecule has 10 heteroatoms. The van der Waals surface area contributed by atoms with Crippen LogP contribution in [-0.4, -0.2) is 55.3 Å². The summed E-state index contributed by atoms with van der Waals surface area (Å²) in [6, 6.07) is 17.0. The van der Waals surface area contributed by atoms with Crippen molar-refractivity contribution in [3.05, 3.63) is 60.9 Å². The van der Waals surface area contributed by atoms with Gasteiger partial charge in [0.1, 0.15) is 34.9 Å². The molecule has 1 atom stereocenters. The Morgan fingerprint density at radius 2 is 1.72 bits per heavy atom. The van der Waals surface area contributed by atoms with Crippen LogP contribution in [0, 0.1) is 0 Å². The molecule has 39 heavy (non-hydrogen) atoms. The SMILES string of the molecule is CC(=O)Nc1ncnc2c1c(-c1ccc(Oc3ccccc3)cc1)nn2C1CCCN(C(=O)OC(C)(C)C)C1. The first-order valence-corrected chi connectivity index (χ1v) is 13.0. The monoisotopic (exact) mass is 528 g/mol. The van der Waals surface area contributed by atoms with Crippen LogP contribution in [0.5, 0.6) is 11.5 Å². The summed E-state index contributed by atoms with van der Waals surface area (Å²) in [5.41, 5.74) is 1.46. The number of rotatable bonds is 5. The highest BCUT2D eigenvalue weighted by atomic mass is 16.6. The number of fused-ring (bicyclic) bond motifs is 1. The van der Waals surface area contributed by atoms with Gasteiger partial charge < -0.3 is 19.7 Å². The van der Waals surface area contributed by atoms with E-state index in [9.17, 15) is 9.59 Å². The molecule has 1 unspecified atom stereocenters. The normalized spacial score (nSPS) is 15.7. The highest BCUT2D eigenvalue weighted by Crippen LogP contribution is 2.36. The van der Waals surface area contributed by atoms with Gasteiger partial charge in [0.05, 0.1) is 11.4 Å². The zero-order valence-electron chi connectivity index (χ0n) is 22.5. The number of carbonyl (C=O) groups excluding carboxylic acids is 2. The van der Waals surface area contributed by atoms with Gasteiger partial charge in [0, 0.05) is 25.6 Å². The summed E-state index contributed by atoms with van der Waals surface area (Å²) in [6.07, 6.45) is 2.70. The van der Waals surface area contributed by atoms with Gasteiger partial charge in [-0.05, 0) is 70.0 Å². The molecule has 3 heterocycles. The molecule has 0 spiro atoms. The molecule has 0 saturated carbocycles. The topological polar surface area (TPSA) is 111 Å². The molecule has 5 rings (SSSR count). The standard InChI is InChI=1S/C29H32N6O4/c1-19(36)32-26-24-25(20-12-14-23(15-13-20)38-22-10-6-5-7-11-22)33-35(27(24)31-18-30-26)21-9-8-16-34(17-21)28(37)39-29(2,3)4/h5-7,10-15,18,21H,8-9,16-17H2,1-4H3,(H,30,31,32,36). The first-order valence-electron chi connectivity index (χ1n) is 13.0. The zero-order valence-corrected chi connectivity index (χ0v) is 22.5. The summed E-state index contributed by atoms with van der Waals surface area (Å²) in [6.45, 7) is 8.07. The number of benzene rings is 2. The number of hydrogen-bond acceptors (Lipinski definition) is 7. The fourth-order valence-electron chi connectivity index (χ4n) is 4.64. The Labute approximate surface area is 227 Å². The van der Waals surface area contributed by atoms with Crippen molar-refractivity contribution < 1.29 is 19.1 Å². The van der Waals surface area contributed by atoms with Crippen molar-refractivity contribution in [1.29, 1.82) is 0 Å². The molecule has 1 saturated heterocycles. The third kappa shape index (κ3) is 6.00. The van der Waals surface area contributed by atoms with Crippen molar-refractivity contribution in [3.8, 4) is 22.8 Å². The van der Waals surface area contributed by atoms with E-state index in [0.29, 0.717) is 41.4 Å². The zero-order chi connectivity index (χ0) is 27.6. The highest BCUT2D eigenvalue weighted by Gasteiger charge is 2.31. The molecule has 1 aliphatic heterocycles. The largest absolute Gasteiger partial charge is 0.457 e. The quantitative estimate of drug-likeness (QED) is 0.348. The molecular weight excluding hydrogens is 496 g/mol. The fourth-order valence-corrected chi connectivity index (χ4v) is 4.64. The van der Waals surface area contributed by atoms with E-state index in [-0.39, 0.29) is 18.0 Å². The molecule has 1 fully saturated rings. The van der Waals surface area contributed by atoms with Crippen LogP contribution in [0.25, 0.3) is 22.3 Å². The van der Waals surface area contributed by atoms with Gasteiger partial charge in [-0.15, -0.1) is 0 Å². The van der Waals surface area contributed by atoms with Crippen molar-refractivity contribution in [3.63, 3.8) is 0 Å². The Bertz CT molecular complexity index is 1480. The maximum absolute atomic E-state index is 12.8. The fraction of sp³-hybridized carbons (Fsp3) is 0.345. The van der Waals surface area contributed by atoms with Crippen molar-refractivity contribution in [2.45, 2.75) is 52.2 Å². The number of piperidine rings is 1. The molecular formula is C29H32N6O4. The summed E-state index contributed by atoms with van der Waals surface area (Å²) in [5, 5.41) is 8.43. The average Bonchev–Trinajstić information content (AvgIpc) is 3.29. The second-order valence-corrected chi connectivity index (χ2v) is 10.6. The number of hydrogen-bond donors (Lipinski definition) is 1. The Morgan fingerprint density at radius 1 is 1.00 bits per heavy atom. The maximum Gasteiger partial charge on any atom is 0.410 e. The van der Waals surface area contributed by atoms with Crippen LogP contribution in [0.1, 0.15) is 46.6 Å². The van der Waals surface area contributed by atoms with Crippen molar-refractivity contribution in [2.75, 3.05) is 18.4 Å². The van der Waals surface area contributed by atoms with Crippen LogP contribution >= 0.6 is 0 Å². The molecule has 2 aromatic heterocycles. The Kier molecular flexibility index (Phi) is 7.19. The first-order chi connectivity index (χ1) is 18.7. The van der Waals surface area contributed by atoms with E-state index in [0.717, 1.165) is 24.2 Å². The van der Waals surface area contributed by atoms with Crippen LogP contribution in [0.3, 0.4) is 0 Å². The third-order valence-electron chi connectivity index (χ3n) is 6.28. The number of nitrogens with one attached hydrogen (secondary N) is 1. The van der Waals surface area contributed by atoms with Gasteiger partial charge in [-0.2, -0.15) is 5.10 Å². The predicted octanol–water partition coefficient (Wildman–Crippen LogP) is 5.82. The predicted molar refractivity (Wildman–Crippen MR) is 148 cm³/mol. The van der Waals surface area contributed by atoms with Gasteiger partial charge in [-0.3, -0.25) is 4.79 Å². The Morgan fingerprint density at radius 3 is 2.41 bits per heavy atom. The number of nitrogens with zero attached hydrogens (tertiary/aromatic N) is 5. The lowest BCUT2D eigenvalue weighted by Crippen LogP contribution is -2.43. The van der Waals surface area contributed by atoms with Gasteiger partial charge in [0.25, 0.3) is 0 Å². The smallest absolute Gasteiger partial charge is 0.410 e. The Balaban J connectivity index is 1.51. The van der Waals surface area contributed by atoms with E-state index >= 15 is 0 Å². The van der Waals surface area contributed by atoms with Crippen LogP contribution in [-0.2, 0) is 9.53 Å². The highest BCUT2D eigenvalue weighted by molar-refractivity contribution is 6.04. The number of para-hydroxylation sites is 1. The molecule has 10 nitrogen and oxygen atoms in total. The molecule has 2 aromatic carbocycles. The van der Waals surface area contributed by atoms with Crippen LogP contribution in [0.2, 0.25) is 0 Å². The van der Waals surface area contributed by atoms with Crippen molar-refractivity contribution in [2.24, 2.45) is 0 Å². The van der Waals surface area contributed by atoms with E-state index in [1.54, 1.807) is 4.90 Å². The van der Waals surface area contributed by atoms with Crippen LogP contribution < -0.4 is 10.1 Å². The maximum atomic E-state index is 12.8. The summed E-state index contributed by atoms with van der Waals surface area (Å²) in [5.74, 6) is 1.58. The van der Waals surface area contributed by atoms with E-state index in [4.69, 9.17) is 14.6 Å². The minimum atomic E-state index is -0.577. The van der Waals surface area contributed by atoms with Gasteiger partial charge in [0.2, 0.25) is 5.91 Å². The van der Waals surface area contributed by atoms with Crippen molar-refractivity contribution >= 4 is 28.9 Å². The third-order valence-corrected chi connectivity index (χ3v) is 6.28. The number of likely N-dealkylation sites (tertiary alicyclic amines) is 1. The molecule has 0 bridgehead atoms. The summed E-state index contributed by atoms with van der Waals surface area (Å²) < 4.78 is 13.4. The number of aromatic nitrogens is 4.